The quantitative estimate of drug-likeness (QED) is 0.462. The van der Waals surface area contributed by atoms with Gasteiger partial charge in [-0.3, -0.25) is 4.99 Å². The minimum absolute atomic E-state index is 0.936. The summed E-state index contributed by atoms with van der Waals surface area (Å²) in [6.45, 7) is 12.1. The predicted molar refractivity (Wildman–Crippen MR) is 111 cm³/mol. The van der Waals surface area contributed by atoms with Gasteiger partial charge in [0.05, 0.1) is 0 Å². The summed E-state index contributed by atoms with van der Waals surface area (Å²) >= 11 is 0. The molecule has 144 valence electrons. The molecule has 1 N–H and O–H groups in total. The molecule has 26 heavy (non-hydrogen) atoms. The van der Waals surface area contributed by atoms with Crippen molar-refractivity contribution in [2.24, 2.45) is 4.99 Å². The number of hydrogen-bond donors (Lipinski definition) is 1. The van der Waals surface area contributed by atoms with Crippen molar-refractivity contribution in [1.82, 2.24) is 15.1 Å². The van der Waals surface area contributed by atoms with Crippen LogP contribution in [0.15, 0.2) is 35.3 Å². The number of aliphatic imine (C=N–C) groups is 1. The fourth-order valence-corrected chi connectivity index (χ4v) is 3.88. The van der Waals surface area contributed by atoms with Gasteiger partial charge in [0.1, 0.15) is 0 Å². The molecule has 0 spiro atoms. The maximum atomic E-state index is 4.89. The Morgan fingerprint density at radius 3 is 2.38 bits per heavy atom. The topological polar surface area (TPSA) is 34.1 Å². The van der Waals surface area contributed by atoms with Gasteiger partial charge in [-0.25, -0.2) is 0 Å². The average Bonchev–Trinajstić information content (AvgIpc) is 3.21. The normalized spacial score (nSPS) is 19.2. The first-order valence-corrected chi connectivity index (χ1v) is 10.4. The molecule has 0 saturated carbocycles. The number of guanidine groups is 1. The standard InChI is InChI=1S/C21H35N5/c1-2-22-21(23-12-6-7-13-24-14-8-9-15-24)26-18-16-25(17-19-26)20-10-4-3-5-11-20/h3-5,10-11H,2,6-9,12-19H2,1H3,(H,22,23). The van der Waals surface area contributed by atoms with Crippen LogP contribution < -0.4 is 10.2 Å². The van der Waals surface area contributed by atoms with Gasteiger partial charge in [-0.2, -0.15) is 0 Å². The molecule has 0 aromatic heterocycles. The Bertz CT molecular complexity index is 531. The molecule has 5 heteroatoms. The molecule has 0 amide bonds. The van der Waals surface area contributed by atoms with Crippen LogP contribution in [0.1, 0.15) is 32.6 Å². The van der Waals surface area contributed by atoms with E-state index in [1.165, 1.54) is 51.0 Å². The van der Waals surface area contributed by atoms with E-state index in [1.807, 2.05) is 0 Å². The van der Waals surface area contributed by atoms with Crippen molar-refractivity contribution >= 4 is 11.6 Å². The lowest BCUT2D eigenvalue weighted by Crippen LogP contribution is -2.52. The Morgan fingerprint density at radius 2 is 1.69 bits per heavy atom. The van der Waals surface area contributed by atoms with Gasteiger partial charge in [0.25, 0.3) is 0 Å². The van der Waals surface area contributed by atoms with Crippen LogP contribution in [0.4, 0.5) is 5.69 Å². The lowest BCUT2D eigenvalue weighted by Gasteiger charge is -2.37. The third-order valence-corrected chi connectivity index (χ3v) is 5.38. The van der Waals surface area contributed by atoms with Crippen molar-refractivity contribution in [3.63, 3.8) is 0 Å². The number of benzene rings is 1. The summed E-state index contributed by atoms with van der Waals surface area (Å²) in [5.41, 5.74) is 1.33. The summed E-state index contributed by atoms with van der Waals surface area (Å²) in [4.78, 5) is 12.4. The molecule has 2 aliphatic rings. The third kappa shape index (κ3) is 5.63. The molecular weight excluding hydrogens is 322 g/mol. The minimum atomic E-state index is 0.936. The molecule has 3 rings (SSSR count). The number of rotatable bonds is 7. The second-order valence-electron chi connectivity index (χ2n) is 7.30. The number of likely N-dealkylation sites (tertiary alicyclic amines) is 1. The van der Waals surface area contributed by atoms with Gasteiger partial charge in [0.15, 0.2) is 5.96 Å². The van der Waals surface area contributed by atoms with Gasteiger partial charge in [-0.05, 0) is 64.4 Å². The number of para-hydroxylation sites is 1. The van der Waals surface area contributed by atoms with E-state index in [0.717, 1.165) is 45.2 Å². The first-order chi connectivity index (χ1) is 12.9. The largest absolute Gasteiger partial charge is 0.368 e. The molecule has 0 aliphatic carbocycles. The first kappa shape index (κ1) is 19.0. The molecule has 0 unspecified atom stereocenters. The number of hydrogen-bond acceptors (Lipinski definition) is 3. The van der Waals surface area contributed by atoms with E-state index in [4.69, 9.17) is 4.99 Å². The second kappa shape index (κ2) is 10.4. The Kier molecular flexibility index (Phi) is 7.62. The zero-order valence-electron chi connectivity index (χ0n) is 16.4. The van der Waals surface area contributed by atoms with E-state index < -0.39 is 0 Å². The van der Waals surface area contributed by atoms with Crippen molar-refractivity contribution in [3.8, 4) is 0 Å². The molecule has 2 fully saturated rings. The van der Waals surface area contributed by atoms with Crippen molar-refractivity contribution in [1.29, 1.82) is 0 Å². The summed E-state index contributed by atoms with van der Waals surface area (Å²) in [7, 11) is 0. The van der Waals surface area contributed by atoms with E-state index in [2.05, 4.69) is 57.3 Å². The first-order valence-electron chi connectivity index (χ1n) is 10.4. The van der Waals surface area contributed by atoms with Crippen molar-refractivity contribution in [2.45, 2.75) is 32.6 Å². The predicted octanol–water partition coefficient (Wildman–Crippen LogP) is 2.65. The van der Waals surface area contributed by atoms with Gasteiger partial charge in [-0.15, -0.1) is 0 Å². The molecular formula is C21H35N5. The number of nitrogens with zero attached hydrogens (tertiary/aromatic N) is 4. The van der Waals surface area contributed by atoms with Crippen LogP contribution >= 0.6 is 0 Å². The zero-order valence-corrected chi connectivity index (χ0v) is 16.4. The van der Waals surface area contributed by atoms with Crippen molar-refractivity contribution < 1.29 is 0 Å². The highest BCUT2D eigenvalue weighted by molar-refractivity contribution is 5.80. The van der Waals surface area contributed by atoms with Crippen molar-refractivity contribution in [3.05, 3.63) is 30.3 Å². The maximum absolute atomic E-state index is 4.89. The van der Waals surface area contributed by atoms with Crippen LogP contribution in [0.2, 0.25) is 0 Å². The fraction of sp³-hybridized carbons (Fsp3) is 0.667. The monoisotopic (exact) mass is 357 g/mol. The SMILES string of the molecule is CCNC(=NCCCCN1CCCC1)N1CCN(c2ccccc2)CC1. The highest BCUT2D eigenvalue weighted by atomic mass is 15.3. The van der Waals surface area contributed by atoms with Gasteiger partial charge in [0.2, 0.25) is 0 Å². The molecule has 1 aromatic rings. The number of anilines is 1. The van der Waals surface area contributed by atoms with E-state index in [9.17, 15) is 0 Å². The fourth-order valence-electron chi connectivity index (χ4n) is 3.88. The van der Waals surface area contributed by atoms with Crippen LogP contribution in [-0.2, 0) is 0 Å². The molecule has 0 atom stereocenters. The van der Waals surface area contributed by atoms with E-state index >= 15 is 0 Å². The van der Waals surface area contributed by atoms with E-state index in [-0.39, 0.29) is 0 Å². The summed E-state index contributed by atoms with van der Waals surface area (Å²) < 4.78 is 0. The van der Waals surface area contributed by atoms with Gasteiger partial charge < -0.3 is 20.0 Å². The summed E-state index contributed by atoms with van der Waals surface area (Å²) in [5, 5.41) is 3.49. The highest BCUT2D eigenvalue weighted by Crippen LogP contribution is 2.15. The lowest BCUT2D eigenvalue weighted by atomic mass is 10.2. The third-order valence-electron chi connectivity index (χ3n) is 5.38. The van der Waals surface area contributed by atoms with Crippen LogP contribution in [0.25, 0.3) is 0 Å². The molecule has 2 saturated heterocycles. The van der Waals surface area contributed by atoms with Crippen LogP contribution in [-0.4, -0.2) is 74.7 Å². The Hall–Kier alpha value is -1.75. The van der Waals surface area contributed by atoms with E-state index in [1.54, 1.807) is 0 Å². The van der Waals surface area contributed by atoms with Crippen molar-refractivity contribution in [2.75, 3.05) is 63.8 Å². The summed E-state index contributed by atoms with van der Waals surface area (Å²) in [6.07, 6.45) is 5.23. The van der Waals surface area contributed by atoms with Crippen LogP contribution in [0.5, 0.6) is 0 Å². The van der Waals surface area contributed by atoms with Gasteiger partial charge in [-0.1, -0.05) is 18.2 Å². The summed E-state index contributed by atoms with van der Waals surface area (Å²) in [6, 6.07) is 10.7. The van der Waals surface area contributed by atoms with Crippen LogP contribution in [0.3, 0.4) is 0 Å². The second-order valence-corrected chi connectivity index (χ2v) is 7.30. The lowest BCUT2D eigenvalue weighted by molar-refractivity contribution is 0.330. The maximum Gasteiger partial charge on any atom is 0.194 e. The van der Waals surface area contributed by atoms with E-state index in [0.29, 0.717) is 0 Å². The zero-order chi connectivity index (χ0) is 18.0. The van der Waals surface area contributed by atoms with Gasteiger partial charge in [0, 0.05) is 45.0 Å². The Balaban J connectivity index is 1.42. The molecule has 2 aliphatic heterocycles. The number of piperazine rings is 1. The van der Waals surface area contributed by atoms with Crippen LogP contribution in [0, 0.1) is 0 Å². The number of nitrogens with one attached hydrogen (secondary N) is 1. The summed E-state index contributed by atoms with van der Waals surface area (Å²) in [5.74, 6) is 1.10. The minimum Gasteiger partial charge on any atom is -0.368 e. The van der Waals surface area contributed by atoms with Gasteiger partial charge >= 0.3 is 0 Å². The molecule has 0 radical (unpaired) electrons. The Labute approximate surface area is 159 Å². The molecule has 0 bridgehead atoms. The molecule has 1 aromatic carbocycles. The molecule has 2 heterocycles. The average molecular weight is 358 g/mol. The highest BCUT2D eigenvalue weighted by Gasteiger charge is 2.19. The Morgan fingerprint density at radius 1 is 0.962 bits per heavy atom. The smallest absolute Gasteiger partial charge is 0.194 e. The number of unbranched alkanes of at least 4 members (excludes halogenated alkanes) is 1. The molecule has 5 nitrogen and oxygen atoms in total.